The first kappa shape index (κ1) is 33.3. The molecule has 0 fully saturated rings. The molecule has 10 heteroatoms. The van der Waals surface area contributed by atoms with Gasteiger partial charge in [-0.25, -0.2) is 4.57 Å². The highest BCUT2D eigenvalue weighted by atomic mass is 31.2. The molecule has 0 spiro atoms. The molecule has 0 aliphatic heterocycles. The Kier molecular flexibility index (Phi) is 11.1. The Morgan fingerprint density at radius 3 is 1.64 bits per heavy atom. The Hall–Kier alpha value is -0.720. The Balaban J connectivity index is 3.93. The number of phosphoric acid groups is 1. The van der Waals surface area contributed by atoms with Gasteiger partial charge in [0.2, 0.25) is 0 Å². The highest BCUT2D eigenvalue weighted by molar-refractivity contribution is 7.62. The van der Waals surface area contributed by atoms with Gasteiger partial charge in [0.05, 0.1) is 28.7 Å². The second kappa shape index (κ2) is 12.0. The topological polar surface area (TPSA) is 101 Å². The number of aliphatic hydroxyl groups is 1. The van der Waals surface area contributed by atoms with Crippen LogP contribution in [0.15, 0.2) is 12.1 Å². The molecule has 0 atom stereocenters. The van der Waals surface area contributed by atoms with E-state index in [2.05, 4.69) is 0 Å². The highest BCUT2D eigenvalue weighted by Crippen LogP contribution is 2.58. The van der Waals surface area contributed by atoms with Crippen LogP contribution in [-0.4, -0.2) is 35.1 Å². The molecule has 0 heterocycles. The minimum Gasteiger partial charge on any atom is -0.404 e. The molecule has 8 nitrogen and oxygen atoms in total. The summed E-state index contributed by atoms with van der Waals surface area (Å²) in [6.45, 7) is 23.4. The summed E-state index contributed by atoms with van der Waals surface area (Å²) >= 11 is 0. The van der Waals surface area contributed by atoms with Crippen LogP contribution in [0.5, 0.6) is 5.75 Å². The van der Waals surface area contributed by atoms with Crippen molar-refractivity contribution in [1.29, 1.82) is 0 Å². The normalized spacial score (nSPS) is 14.1. The van der Waals surface area contributed by atoms with Crippen molar-refractivity contribution in [2.24, 2.45) is 0 Å². The molecule has 210 valence electrons. The molecule has 0 bridgehead atoms. The van der Waals surface area contributed by atoms with E-state index in [4.69, 9.17) is 22.6 Å². The minimum absolute atomic E-state index is 0.0618. The molecule has 0 aliphatic carbocycles. The molecule has 0 saturated carbocycles. The van der Waals surface area contributed by atoms with E-state index in [1.165, 1.54) is 6.07 Å². The number of phosphoric ester groups is 1. The molecule has 36 heavy (non-hydrogen) atoms. The summed E-state index contributed by atoms with van der Waals surface area (Å²) < 4.78 is 57.5. The molecule has 1 rings (SSSR count). The summed E-state index contributed by atoms with van der Waals surface area (Å²) in [7, 11) is -7.95. The minimum atomic E-state index is -4.18. The number of aryl methyl sites for hydroxylation is 1. The molecule has 1 aromatic carbocycles. The van der Waals surface area contributed by atoms with Crippen LogP contribution in [0.4, 0.5) is 0 Å². The van der Waals surface area contributed by atoms with Crippen molar-refractivity contribution in [2.45, 2.75) is 125 Å². The van der Waals surface area contributed by atoms with Crippen LogP contribution >= 0.6 is 15.4 Å². The van der Waals surface area contributed by atoms with Crippen LogP contribution < -0.4 is 9.83 Å². The quantitative estimate of drug-likeness (QED) is 0.268. The van der Waals surface area contributed by atoms with Gasteiger partial charge in [-0.2, -0.15) is 0 Å². The fourth-order valence-electron chi connectivity index (χ4n) is 3.79. The monoisotopic (exact) mass is 550 g/mol. The molecule has 0 unspecified atom stereocenters. The lowest BCUT2D eigenvalue weighted by molar-refractivity contribution is 0.0221. The first-order valence-corrected chi connectivity index (χ1v) is 15.5. The van der Waals surface area contributed by atoms with E-state index < -0.39 is 32.0 Å². The van der Waals surface area contributed by atoms with Crippen LogP contribution in [0.1, 0.15) is 101 Å². The van der Waals surface area contributed by atoms with Gasteiger partial charge in [0.15, 0.2) is 0 Å². The zero-order valence-corrected chi connectivity index (χ0v) is 26.2. The molecule has 1 N–H and O–H groups in total. The van der Waals surface area contributed by atoms with E-state index in [1.807, 2.05) is 20.8 Å². The van der Waals surface area contributed by atoms with Gasteiger partial charge in [0.1, 0.15) is 5.75 Å². The maximum absolute atomic E-state index is 14.0. The van der Waals surface area contributed by atoms with E-state index in [0.29, 0.717) is 12.0 Å². The summed E-state index contributed by atoms with van der Waals surface area (Å²) in [5.41, 5.74) is -0.853. The maximum Gasteiger partial charge on any atom is 0.531 e. The van der Waals surface area contributed by atoms with E-state index >= 15 is 0 Å². The zero-order chi connectivity index (χ0) is 28.3. The maximum atomic E-state index is 14.0. The predicted molar refractivity (Wildman–Crippen MR) is 146 cm³/mol. The van der Waals surface area contributed by atoms with Crippen molar-refractivity contribution in [1.82, 2.24) is 0 Å². The zero-order valence-electron chi connectivity index (χ0n) is 24.4. The molecule has 0 saturated heterocycles. The Morgan fingerprint density at radius 2 is 1.28 bits per heavy atom. The van der Waals surface area contributed by atoms with Gasteiger partial charge < -0.3 is 18.7 Å². The van der Waals surface area contributed by atoms with Crippen molar-refractivity contribution in [3.63, 3.8) is 0 Å². The number of benzene rings is 1. The molecular formula is C26H48O8P2. The van der Waals surface area contributed by atoms with Gasteiger partial charge in [-0.05, 0) is 106 Å². The van der Waals surface area contributed by atoms with Crippen molar-refractivity contribution in [3.8, 4) is 5.75 Å². The third kappa shape index (κ3) is 10.2. The Labute approximate surface area is 218 Å². The summed E-state index contributed by atoms with van der Waals surface area (Å²) in [5.74, 6) is 0.181. The van der Waals surface area contributed by atoms with Crippen molar-refractivity contribution >= 4 is 20.7 Å². The number of aliphatic hydroxyl groups excluding tert-OH is 1. The Morgan fingerprint density at radius 1 is 0.833 bits per heavy atom. The van der Waals surface area contributed by atoms with Gasteiger partial charge >= 0.3 is 15.4 Å². The molecule has 0 radical (unpaired) electrons. The third-order valence-electron chi connectivity index (χ3n) is 4.69. The third-order valence-corrected chi connectivity index (χ3v) is 8.95. The summed E-state index contributed by atoms with van der Waals surface area (Å²) in [6, 6.07) is 3.28. The SMILES string of the molecule is Cc1cc(P(=O)(OC(C)C)OC(C)C)cc(OP(=O)(OC(C)(C)C)OC(C)(C)C)c1C(C)(C)CCO. The second-order valence-corrected chi connectivity index (χ2v) is 15.6. The van der Waals surface area contributed by atoms with Crippen molar-refractivity contribution in [2.75, 3.05) is 6.61 Å². The molecule has 0 aliphatic rings. The van der Waals surface area contributed by atoms with Gasteiger partial charge in [0.25, 0.3) is 0 Å². The lowest BCUT2D eigenvalue weighted by atomic mass is 9.79. The number of hydrogen-bond donors (Lipinski definition) is 1. The number of hydrogen-bond acceptors (Lipinski definition) is 8. The highest BCUT2D eigenvalue weighted by Gasteiger charge is 2.42. The smallest absolute Gasteiger partial charge is 0.404 e. The standard InChI is InChI=1S/C26H48O8P2/c1-18(2)30-35(28,31-19(3)4)21-16-20(5)23(26(12,13)14-15-27)22(17-21)32-36(29,33-24(6,7)8)34-25(9,10)11/h16-19,27H,14-15H2,1-13H3. The van der Waals surface area contributed by atoms with E-state index in [9.17, 15) is 14.2 Å². The van der Waals surface area contributed by atoms with E-state index in [1.54, 1.807) is 75.3 Å². The van der Waals surface area contributed by atoms with Crippen LogP contribution in [0.25, 0.3) is 0 Å². The van der Waals surface area contributed by atoms with Crippen LogP contribution in [0, 0.1) is 6.92 Å². The molecule has 1 aromatic rings. The van der Waals surface area contributed by atoms with Gasteiger partial charge in [-0.3, -0.25) is 13.6 Å². The van der Waals surface area contributed by atoms with Crippen molar-refractivity contribution in [3.05, 3.63) is 23.3 Å². The largest absolute Gasteiger partial charge is 0.531 e. The number of rotatable bonds is 12. The Bertz CT molecular complexity index is 937. The van der Waals surface area contributed by atoms with Gasteiger partial charge in [-0.1, -0.05) is 13.8 Å². The molecule has 0 amide bonds. The van der Waals surface area contributed by atoms with Crippen molar-refractivity contribution < 1.29 is 36.9 Å². The van der Waals surface area contributed by atoms with Gasteiger partial charge in [-0.15, -0.1) is 0 Å². The summed E-state index contributed by atoms with van der Waals surface area (Å²) in [4.78, 5) is 0. The predicted octanol–water partition coefficient (Wildman–Crippen LogP) is 7.44. The van der Waals surface area contributed by atoms with E-state index in [0.717, 1.165) is 5.56 Å². The summed E-state index contributed by atoms with van der Waals surface area (Å²) in [6.07, 6.45) is -0.329. The summed E-state index contributed by atoms with van der Waals surface area (Å²) in [5, 5.41) is 10.0. The van der Waals surface area contributed by atoms with Crippen LogP contribution in [0.2, 0.25) is 0 Å². The van der Waals surface area contributed by atoms with E-state index in [-0.39, 0.29) is 29.9 Å². The van der Waals surface area contributed by atoms with Gasteiger partial charge in [0, 0.05) is 12.2 Å². The average molecular weight is 551 g/mol. The fraction of sp³-hybridized carbons (Fsp3) is 0.769. The molecular weight excluding hydrogens is 502 g/mol. The first-order valence-electron chi connectivity index (χ1n) is 12.5. The first-order chi connectivity index (χ1) is 16.0. The fourth-order valence-corrected chi connectivity index (χ4v) is 7.66. The second-order valence-electron chi connectivity index (χ2n) is 12.2. The van der Waals surface area contributed by atoms with Crippen LogP contribution in [-0.2, 0) is 32.6 Å². The average Bonchev–Trinajstić information content (AvgIpc) is 2.55. The lowest BCUT2D eigenvalue weighted by Gasteiger charge is -2.34. The lowest BCUT2D eigenvalue weighted by Crippen LogP contribution is -2.28. The van der Waals surface area contributed by atoms with Crippen LogP contribution in [0.3, 0.4) is 0 Å². The molecule has 0 aromatic heterocycles.